The van der Waals surface area contributed by atoms with Gasteiger partial charge >= 0.3 is 0 Å². The molecule has 0 N–H and O–H groups in total. The lowest BCUT2D eigenvalue weighted by atomic mass is 9.98. The molecule has 3 nitrogen and oxygen atoms in total. The first-order valence-corrected chi connectivity index (χ1v) is 6.30. The average Bonchev–Trinajstić information content (AvgIpc) is 2.32. The molecule has 2 fully saturated rings. The van der Waals surface area contributed by atoms with Crippen LogP contribution in [0.5, 0.6) is 0 Å². The van der Waals surface area contributed by atoms with Crippen molar-refractivity contribution in [1.29, 1.82) is 0 Å². The van der Waals surface area contributed by atoms with Gasteiger partial charge in [0, 0.05) is 6.42 Å². The van der Waals surface area contributed by atoms with Crippen LogP contribution in [-0.4, -0.2) is 32.2 Å². The lowest BCUT2D eigenvalue weighted by molar-refractivity contribution is -0.188. The molecule has 88 valence electrons. The maximum atomic E-state index is 5.83. The van der Waals surface area contributed by atoms with Crippen LogP contribution in [0.2, 0.25) is 0 Å². The van der Waals surface area contributed by atoms with Crippen LogP contribution in [0, 0.1) is 0 Å². The molecule has 1 saturated heterocycles. The minimum atomic E-state index is -0.0117. The maximum absolute atomic E-state index is 5.83. The Morgan fingerprint density at radius 2 is 1.67 bits per heavy atom. The monoisotopic (exact) mass is 214 g/mol. The van der Waals surface area contributed by atoms with Crippen molar-refractivity contribution in [2.24, 2.45) is 0 Å². The normalized spacial score (nSPS) is 25.6. The first-order chi connectivity index (χ1) is 7.45. The molecule has 0 atom stereocenters. The molecule has 0 amide bonds. The quantitative estimate of drug-likeness (QED) is 0.719. The van der Waals surface area contributed by atoms with Crippen molar-refractivity contribution in [2.75, 3.05) is 19.8 Å². The molecule has 15 heavy (non-hydrogen) atoms. The summed E-state index contributed by atoms with van der Waals surface area (Å²) in [5.74, 6) is 0. The van der Waals surface area contributed by atoms with Gasteiger partial charge in [-0.05, 0) is 19.3 Å². The minimum Gasteiger partial charge on any atom is -0.378 e. The summed E-state index contributed by atoms with van der Waals surface area (Å²) in [4.78, 5) is 0. The lowest BCUT2D eigenvalue weighted by Crippen LogP contribution is -2.27. The van der Waals surface area contributed by atoms with E-state index in [0.717, 1.165) is 32.7 Å². The molecular formula is C12H22O3. The molecular weight excluding hydrogens is 192 g/mol. The summed E-state index contributed by atoms with van der Waals surface area (Å²) in [6.45, 7) is 2.47. The summed E-state index contributed by atoms with van der Waals surface area (Å²) < 4.78 is 16.8. The van der Waals surface area contributed by atoms with E-state index in [9.17, 15) is 0 Å². The van der Waals surface area contributed by atoms with Crippen LogP contribution in [0.3, 0.4) is 0 Å². The van der Waals surface area contributed by atoms with Crippen LogP contribution < -0.4 is 0 Å². The zero-order valence-corrected chi connectivity index (χ0v) is 9.45. The van der Waals surface area contributed by atoms with E-state index in [0.29, 0.717) is 6.10 Å². The van der Waals surface area contributed by atoms with Crippen LogP contribution in [0.4, 0.5) is 0 Å². The molecule has 0 unspecified atom stereocenters. The molecule has 0 bridgehead atoms. The highest BCUT2D eigenvalue weighted by Gasteiger charge is 2.17. The predicted octanol–water partition coefficient (Wildman–Crippen LogP) is 2.49. The molecule has 0 aromatic rings. The number of hydrogen-bond donors (Lipinski definition) is 0. The van der Waals surface area contributed by atoms with Gasteiger partial charge < -0.3 is 14.2 Å². The molecule has 0 spiro atoms. The van der Waals surface area contributed by atoms with Gasteiger partial charge in [0.15, 0.2) is 6.29 Å². The van der Waals surface area contributed by atoms with Crippen LogP contribution >= 0.6 is 0 Å². The fraction of sp³-hybridized carbons (Fsp3) is 1.00. The van der Waals surface area contributed by atoms with Crippen molar-refractivity contribution in [3.8, 4) is 0 Å². The zero-order chi connectivity index (χ0) is 10.3. The molecule has 2 aliphatic rings. The number of rotatable bonds is 4. The van der Waals surface area contributed by atoms with Crippen molar-refractivity contribution in [3.63, 3.8) is 0 Å². The Morgan fingerprint density at radius 1 is 0.933 bits per heavy atom. The molecule has 2 rings (SSSR count). The Balaban J connectivity index is 1.53. The SMILES string of the molecule is C1CCC(OCCC2OCCCO2)CC1. The molecule has 1 saturated carbocycles. The molecule has 0 aromatic carbocycles. The lowest BCUT2D eigenvalue weighted by Gasteiger charge is -2.25. The Morgan fingerprint density at radius 3 is 2.40 bits per heavy atom. The van der Waals surface area contributed by atoms with Gasteiger partial charge in [-0.1, -0.05) is 19.3 Å². The van der Waals surface area contributed by atoms with Crippen molar-refractivity contribution >= 4 is 0 Å². The van der Waals surface area contributed by atoms with E-state index < -0.39 is 0 Å². The third-order valence-electron chi connectivity index (χ3n) is 3.16. The topological polar surface area (TPSA) is 27.7 Å². The number of ether oxygens (including phenoxy) is 3. The standard InChI is InChI=1S/C12H22O3/c1-2-5-11(6-3-1)13-10-7-12-14-8-4-9-15-12/h11-12H,1-10H2. The van der Waals surface area contributed by atoms with E-state index in [1.807, 2.05) is 0 Å². The highest BCUT2D eigenvalue weighted by atomic mass is 16.7. The van der Waals surface area contributed by atoms with Crippen LogP contribution in [-0.2, 0) is 14.2 Å². The number of hydrogen-bond acceptors (Lipinski definition) is 3. The van der Waals surface area contributed by atoms with Crippen LogP contribution in [0.1, 0.15) is 44.9 Å². The first kappa shape index (κ1) is 11.4. The van der Waals surface area contributed by atoms with E-state index in [4.69, 9.17) is 14.2 Å². The van der Waals surface area contributed by atoms with E-state index in [2.05, 4.69) is 0 Å². The van der Waals surface area contributed by atoms with Gasteiger partial charge in [-0.15, -0.1) is 0 Å². The van der Waals surface area contributed by atoms with Crippen molar-refractivity contribution in [3.05, 3.63) is 0 Å². The van der Waals surface area contributed by atoms with Crippen molar-refractivity contribution < 1.29 is 14.2 Å². The third kappa shape index (κ3) is 4.09. The Labute approximate surface area is 92.1 Å². The van der Waals surface area contributed by atoms with Gasteiger partial charge in [-0.3, -0.25) is 0 Å². The second-order valence-electron chi connectivity index (χ2n) is 4.44. The van der Waals surface area contributed by atoms with E-state index in [-0.39, 0.29) is 6.29 Å². The van der Waals surface area contributed by atoms with Gasteiger partial charge in [-0.2, -0.15) is 0 Å². The summed E-state index contributed by atoms with van der Waals surface area (Å²) in [7, 11) is 0. The molecule has 1 aliphatic carbocycles. The Bertz CT molecular complexity index is 142. The smallest absolute Gasteiger partial charge is 0.159 e. The summed E-state index contributed by atoms with van der Waals surface area (Å²) in [5, 5.41) is 0. The molecule has 3 heteroatoms. The average molecular weight is 214 g/mol. The summed E-state index contributed by atoms with van der Waals surface area (Å²) in [6.07, 6.45) is 8.94. The van der Waals surface area contributed by atoms with E-state index in [1.165, 1.54) is 32.1 Å². The fourth-order valence-corrected chi connectivity index (χ4v) is 2.27. The van der Waals surface area contributed by atoms with Crippen LogP contribution in [0.25, 0.3) is 0 Å². The molecule has 0 radical (unpaired) electrons. The zero-order valence-electron chi connectivity index (χ0n) is 9.45. The van der Waals surface area contributed by atoms with Gasteiger partial charge in [-0.25, -0.2) is 0 Å². The second kappa shape index (κ2) is 6.46. The van der Waals surface area contributed by atoms with Gasteiger partial charge in [0.05, 0.1) is 25.9 Å². The minimum absolute atomic E-state index is 0.0117. The second-order valence-corrected chi connectivity index (χ2v) is 4.44. The van der Waals surface area contributed by atoms with Gasteiger partial charge in [0.25, 0.3) is 0 Å². The highest BCUT2D eigenvalue weighted by molar-refractivity contribution is 4.65. The molecule has 0 aromatic heterocycles. The Hall–Kier alpha value is -0.120. The van der Waals surface area contributed by atoms with Crippen molar-refractivity contribution in [2.45, 2.75) is 57.3 Å². The van der Waals surface area contributed by atoms with E-state index in [1.54, 1.807) is 0 Å². The van der Waals surface area contributed by atoms with Gasteiger partial charge in [0.2, 0.25) is 0 Å². The predicted molar refractivity (Wildman–Crippen MR) is 57.8 cm³/mol. The van der Waals surface area contributed by atoms with Crippen molar-refractivity contribution in [1.82, 2.24) is 0 Å². The summed E-state index contributed by atoms with van der Waals surface area (Å²) >= 11 is 0. The summed E-state index contributed by atoms with van der Waals surface area (Å²) in [6, 6.07) is 0. The van der Waals surface area contributed by atoms with E-state index >= 15 is 0 Å². The molecule has 1 heterocycles. The Kier molecular flexibility index (Phi) is 4.90. The first-order valence-electron chi connectivity index (χ1n) is 6.30. The van der Waals surface area contributed by atoms with Gasteiger partial charge in [0.1, 0.15) is 0 Å². The van der Waals surface area contributed by atoms with Crippen LogP contribution in [0.15, 0.2) is 0 Å². The fourth-order valence-electron chi connectivity index (χ4n) is 2.27. The third-order valence-corrected chi connectivity index (χ3v) is 3.16. The summed E-state index contributed by atoms with van der Waals surface area (Å²) in [5.41, 5.74) is 0. The maximum Gasteiger partial charge on any atom is 0.159 e. The largest absolute Gasteiger partial charge is 0.378 e. The highest BCUT2D eigenvalue weighted by Crippen LogP contribution is 2.20. The molecule has 1 aliphatic heterocycles.